The van der Waals surface area contributed by atoms with Gasteiger partial charge < -0.3 is 24.4 Å². The summed E-state index contributed by atoms with van der Waals surface area (Å²) in [4.78, 5) is 24.1. The first-order chi connectivity index (χ1) is 12.6. The van der Waals surface area contributed by atoms with Crippen LogP contribution in [0.5, 0.6) is 0 Å². The zero-order chi connectivity index (χ0) is 20.2. The molecule has 1 unspecified atom stereocenters. The van der Waals surface area contributed by atoms with Crippen molar-refractivity contribution < 1.29 is 23.2 Å². The van der Waals surface area contributed by atoms with E-state index < -0.39 is 28.6 Å². The van der Waals surface area contributed by atoms with Gasteiger partial charge in [-0.3, -0.25) is 9.59 Å². The molecule has 8 nitrogen and oxygen atoms in total. The van der Waals surface area contributed by atoms with Gasteiger partial charge in [0, 0.05) is 5.69 Å². The number of Topliss-reactive ketones (excluding diaryl/α,β-unsaturated/α-hetero) is 1. The van der Waals surface area contributed by atoms with Gasteiger partial charge in [0.2, 0.25) is 0 Å². The first kappa shape index (κ1) is 21.2. The Bertz CT molecular complexity index is 839. The quantitative estimate of drug-likeness (QED) is 0.301. The van der Waals surface area contributed by atoms with Gasteiger partial charge in [0.15, 0.2) is 11.8 Å². The Morgan fingerprint density at radius 2 is 1.70 bits per heavy atom. The van der Waals surface area contributed by atoms with Gasteiger partial charge in [0.25, 0.3) is 5.91 Å². The van der Waals surface area contributed by atoms with E-state index in [1.54, 1.807) is 12.1 Å². The normalized spacial score (nSPS) is 13.0. The van der Waals surface area contributed by atoms with Crippen molar-refractivity contribution in [2.45, 2.75) is 24.8 Å². The summed E-state index contributed by atoms with van der Waals surface area (Å²) in [5.74, 6) is -1.05. The van der Waals surface area contributed by atoms with E-state index in [-0.39, 0.29) is 4.90 Å². The summed E-state index contributed by atoms with van der Waals surface area (Å²) < 4.78 is 27.5. The molecule has 146 valence electrons. The maximum Gasteiger partial charge on any atom is 0.250 e. The highest BCUT2D eigenvalue weighted by molar-refractivity contribution is 8.19. The number of rotatable bonds is 7. The molecule has 0 aromatic heterocycles. The lowest BCUT2D eigenvalue weighted by molar-refractivity contribution is -0.127. The lowest BCUT2D eigenvalue weighted by Crippen LogP contribution is -2.48. The Hall–Kier alpha value is -2.14. The van der Waals surface area contributed by atoms with Gasteiger partial charge in [0.05, 0.1) is 15.6 Å². The van der Waals surface area contributed by atoms with E-state index in [4.69, 9.17) is 11.6 Å². The van der Waals surface area contributed by atoms with Gasteiger partial charge in [-0.05, 0) is 55.8 Å². The summed E-state index contributed by atoms with van der Waals surface area (Å²) in [5, 5.41) is 2.97. The average molecular weight is 414 g/mol. The van der Waals surface area contributed by atoms with Gasteiger partial charge in [-0.15, -0.1) is 0 Å². The van der Waals surface area contributed by atoms with Crippen molar-refractivity contribution in [1.29, 1.82) is 0 Å². The molecule has 1 atom stereocenters. The number of carbonyl (C=O) groups excluding carboxylic acids is 2. The number of carbonyl (C=O) groups is 2. The molecule has 27 heavy (non-hydrogen) atoms. The van der Waals surface area contributed by atoms with Crippen LogP contribution in [0.25, 0.3) is 0 Å². The predicted octanol–water partition coefficient (Wildman–Crippen LogP) is 3.74. The van der Waals surface area contributed by atoms with Gasteiger partial charge in [0.1, 0.15) is 10.9 Å². The second-order valence-corrected chi connectivity index (χ2v) is 7.74. The van der Waals surface area contributed by atoms with Crippen LogP contribution in [0, 0.1) is 6.92 Å². The summed E-state index contributed by atoms with van der Waals surface area (Å²) in [6, 6.07) is 9.34. The monoisotopic (exact) mass is 413 g/mol. The summed E-state index contributed by atoms with van der Waals surface area (Å²) in [5.41, 5.74) is 7.19. The van der Waals surface area contributed by atoms with Crippen LogP contribution >= 0.6 is 22.5 Å². The van der Waals surface area contributed by atoms with E-state index in [1.807, 2.05) is 13.0 Å². The second-order valence-electron chi connectivity index (χ2n) is 5.83. The number of aryl methyl sites for hydroxylation is 1. The van der Waals surface area contributed by atoms with Gasteiger partial charge >= 0.3 is 0 Å². The van der Waals surface area contributed by atoms with Crippen molar-refractivity contribution in [2.75, 3.05) is 10.7 Å². The molecule has 1 amide bonds. The SMILES string of the molecule is CC(=O)C(NNc1ccc(C)cc1Cl)C(=O)Nc1ccc(S(O)(O)O)cc1. The summed E-state index contributed by atoms with van der Waals surface area (Å²) in [7, 11) is -3.83. The topological polar surface area (TPSA) is 131 Å². The standard InChI is InChI=1S/C17H20ClN3O5S/c1-10-3-8-15(14(18)9-10)20-21-16(11(2)22)17(23)19-12-4-6-13(7-5-12)27(24,25)26/h3-9,16,20-21,24-26H,1-2H3,(H,19,23). The fourth-order valence-electron chi connectivity index (χ4n) is 2.16. The number of anilines is 2. The number of hydrogen-bond acceptors (Lipinski definition) is 7. The van der Waals surface area contributed by atoms with E-state index in [2.05, 4.69) is 16.2 Å². The lowest BCUT2D eigenvalue weighted by Gasteiger charge is -2.20. The molecule has 0 heterocycles. The molecule has 0 radical (unpaired) electrons. The lowest BCUT2D eigenvalue weighted by atomic mass is 10.2. The number of halogens is 1. The molecule has 0 fully saturated rings. The number of nitrogens with one attached hydrogen (secondary N) is 3. The van der Waals surface area contributed by atoms with Crippen LogP contribution in [-0.4, -0.2) is 31.4 Å². The smallest absolute Gasteiger partial charge is 0.250 e. The van der Waals surface area contributed by atoms with Crippen molar-refractivity contribution in [1.82, 2.24) is 5.43 Å². The molecule has 2 rings (SSSR count). The molecule has 6 N–H and O–H groups in total. The molecule has 2 aromatic rings. The molecule has 0 saturated carbocycles. The third kappa shape index (κ3) is 5.93. The zero-order valence-electron chi connectivity index (χ0n) is 14.6. The maximum absolute atomic E-state index is 12.4. The molecule has 0 spiro atoms. The minimum atomic E-state index is -3.83. The fraction of sp³-hybridized carbons (Fsp3) is 0.176. The van der Waals surface area contributed by atoms with Crippen LogP contribution in [0.3, 0.4) is 0 Å². The van der Waals surface area contributed by atoms with Crippen molar-refractivity contribution in [3.8, 4) is 0 Å². The van der Waals surface area contributed by atoms with E-state index in [9.17, 15) is 23.2 Å². The number of amides is 1. The molecule has 0 aliphatic carbocycles. The van der Waals surface area contributed by atoms with Crippen molar-refractivity contribution in [3.63, 3.8) is 0 Å². The van der Waals surface area contributed by atoms with Crippen molar-refractivity contribution in [3.05, 3.63) is 53.1 Å². The first-order valence-corrected chi connectivity index (χ1v) is 9.66. The molecule has 0 bridgehead atoms. The molecule has 10 heteroatoms. The van der Waals surface area contributed by atoms with Gasteiger partial charge in [-0.1, -0.05) is 17.7 Å². The number of hydrogen-bond donors (Lipinski definition) is 6. The Balaban J connectivity index is 2.05. The Morgan fingerprint density at radius 1 is 1.07 bits per heavy atom. The Labute approximate surface area is 163 Å². The Kier molecular flexibility index (Phi) is 6.82. The largest absolute Gasteiger partial charge is 0.324 e. The minimum Gasteiger partial charge on any atom is -0.324 e. The van der Waals surface area contributed by atoms with Gasteiger partial charge in [-0.25, -0.2) is 5.43 Å². The third-order valence-corrected chi connectivity index (χ3v) is 4.80. The van der Waals surface area contributed by atoms with Crippen molar-refractivity contribution in [2.24, 2.45) is 0 Å². The van der Waals surface area contributed by atoms with Crippen molar-refractivity contribution >= 4 is 45.5 Å². The molecular weight excluding hydrogens is 394 g/mol. The molecule has 0 aliphatic rings. The number of ketones is 1. The molecule has 0 saturated heterocycles. The van der Waals surface area contributed by atoms with E-state index in [1.165, 1.54) is 31.2 Å². The highest BCUT2D eigenvalue weighted by Gasteiger charge is 2.23. The van der Waals surface area contributed by atoms with Crippen LogP contribution in [0.1, 0.15) is 12.5 Å². The maximum atomic E-state index is 12.4. The minimum absolute atomic E-state index is 0.0857. The van der Waals surface area contributed by atoms with Crippen LogP contribution in [0.4, 0.5) is 11.4 Å². The van der Waals surface area contributed by atoms with E-state index in [0.717, 1.165) is 5.56 Å². The molecule has 0 aliphatic heterocycles. The average Bonchev–Trinajstić information content (AvgIpc) is 2.56. The van der Waals surface area contributed by atoms with Crippen LogP contribution < -0.4 is 16.2 Å². The zero-order valence-corrected chi connectivity index (χ0v) is 16.1. The molecular formula is C17H20ClN3O5S. The van der Waals surface area contributed by atoms with Crippen LogP contribution in [-0.2, 0) is 9.59 Å². The molecule has 2 aromatic carbocycles. The summed E-state index contributed by atoms with van der Waals surface area (Å²) in [6.45, 7) is 3.15. The van der Waals surface area contributed by atoms with Gasteiger partial charge in [-0.2, -0.15) is 0 Å². The predicted molar refractivity (Wildman–Crippen MR) is 106 cm³/mol. The number of benzene rings is 2. The highest BCUT2D eigenvalue weighted by atomic mass is 35.5. The summed E-state index contributed by atoms with van der Waals surface area (Å²) in [6.07, 6.45) is 0. The van der Waals surface area contributed by atoms with Crippen LogP contribution in [0.15, 0.2) is 47.4 Å². The summed E-state index contributed by atoms with van der Waals surface area (Å²) >= 11 is 6.11. The van der Waals surface area contributed by atoms with Crippen LogP contribution in [0.2, 0.25) is 5.02 Å². The number of hydrazine groups is 1. The second kappa shape index (κ2) is 8.70. The highest BCUT2D eigenvalue weighted by Crippen LogP contribution is 2.43. The van der Waals surface area contributed by atoms with E-state index >= 15 is 0 Å². The third-order valence-electron chi connectivity index (χ3n) is 3.58. The Morgan fingerprint density at radius 3 is 2.22 bits per heavy atom. The fourth-order valence-corrected chi connectivity index (χ4v) is 2.94. The van der Waals surface area contributed by atoms with E-state index in [0.29, 0.717) is 16.4 Å². The first-order valence-electron chi connectivity index (χ1n) is 7.77.